The largest absolute Gasteiger partial charge is 0.496 e. The maximum Gasteiger partial charge on any atom is 0.233 e. The Labute approximate surface area is 144 Å². The van der Waals surface area contributed by atoms with Crippen LogP contribution in [-0.2, 0) is 6.54 Å². The number of aromatic nitrogens is 6. The Hall–Kier alpha value is -3.42. The van der Waals surface area contributed by atoms with Crippen LogP contribution in [0.1, 0.15) is 5.56 Å². The molecule has 1 aromatic carbocycles. The highest BCUT2D eigenvalue weighted by atomic mass is 16.5. The van der Waals surface area contributed by atoms with E-state index < -0.39 is 0 Å². The second kappa shape index (κ2) is 6.23. The number of anilines is 1. The number of ether oxygens (including phenoxy) is 1. The van der Waals surface area contributed by atoms with Gasteiger partial charge in [-0.3, -0.25) is 4.57 Å². The van der Waals surface area contributed by atoms with Gasteiger partial charge in [0.25, 0.3) is 0 Å². The van der Waals surface area contributed by atoms with Gasteiger partial charge in [0.15, 0.2) is 17.0 Å². The van der Waals surface area contributed by atoms with Crippen molar-refractivity contribution < 1.29 is 4.74 Å². The molecule has 0 atom stereocenters. The Balaban J connectivity index is 1.93. The van der Waals surface area contributed by atoms with Crippen LogP contribution in [0.4, 0.5) is 5.82 Å². The SMILES string of the molecule is CNc1ncnc2c1nc(-n1cccn1)n2Cc1ccccc1OC. The molecule has 4 rings (SSSR count). The van der Waals surface area contributed by atoms with E-state index in [9.17, 15) is 0 Å². The number of benzene rings is 1. The van der Waals surface area contributed by atoms with Crippen molar-refractivity contribution in [3.05, 3.63) is 54.6 Å². The summed E-state index contributed by atoms with van der Waals surface area (Å²) in [5, 5.41) is 7.38. The summed E-state index contributed by atoms with van der Waals surface area (Å²) < 4.78 is 9.20. The van der Waals surface area contributed by atoms with Crippen molar-refractivity contribution in [2.45, 2.75) is 6.54 Å². The highest BCUT2D eigenvalue weighted by Gasteiger charge is 2.18. The van der Waals surface area contributed by atoms with Gasteiger partial charge in [0.2, 0.25) is 5.95 Å². The number of nitrogens with zero attached hydrogens (tertiary/aromatic N) is 6. The molecule has 3 heterocycles. The van der Waals surface area contributed by atoms with Gasteiger partial charge in [0, 0.05) is 25.0 Å². The van der Waals surface area contributed by atoms with Gasteiger partial charge in [-0.2, -0.15) is 5.10 Å². The number of rotatable bonds is 5. The average molecular weight is 335 g/mol. The lowest BCUT2D eigenvalue weighted by molar-refractivity contribution is 0.408. The van der Waals surface area contributed by atoms with Crippen molar-refractivity contribution in [1.82, 2.24) is 29.3 Å². The minimum atomic E-state index is 0.551. The molecule has 0 fully saturated rings. The molecule has 0 saturated heterocycles. The molecule has 0 amide bonds. The van der Waals surface area contributed by atoms with E-state index >= 15 is 0 Å². The fraction of sp³-hybridized carbons (Fsp3) is 0.176. The number of methoxy groups -OCH3 is 1. The summed E-state index contributed by atoms with van der Waals surface area (Å²) in [6, 6.07) is 9.76. The third-order valence-electron chi connectivity index (χ3n) is 3.98. The van der Waals surface area contributed by atoms with Gasteiger partial charge in [-0.15, -0.1) is 0 Å². The predicted octanol–water partition coefficient (Wildman–Crippen LogP) is 2.11. The van der Waals surface area contributed by atoms with Gasteiger partial charge < -0.3 is 10.1 Å². The van der Waals surface area contributed by atoms with E-state index in [1.807, 2.05) is 48.1 Å². The zero-order valence-electron chi connectivity index (χ0n) is 13.9. The van der Waals surface area contributed by atoms with E-state index in [0.717, 1.165) is 17.0 Å². The lowest BCUT2D eigenvalue weighted by atomic mass is 10.2. The Morgan fingerprint density at radius 2 is 2.04 bits per heavy atom. The van der Waals surface area contributed by atoms with Crippen LogP contribution >= 0.6 is 0 Å². The quantitative estimate of drug-likeness (QED) is 0.601. The number of nitrogens with one attached hydrogen (secondary N) is 1. The van der Waals surface area contributed by atoms with Crippen LogP contribution in [0.5, 0.6) is 5.75 Å². The van der Waals surface area contributed by atoms with Crippen molar-refractivity contribution in [1.29, 1.82) is 0 Å². The molecular formula is C17H17N7O. The number of imidazole rings is 1. The molecule has 8 nitrogen and oxygen atoms in total. The predicted molar refractivity (Wildman–Crippen MR) is 94.1 cm³/mol. The summed E-state index contributed by atoms with van der Waals surface area (Å²) in [5.74, 6) is 2.17. The molecule has 8 heteroatoms. The maximum atomic E-state index is 5.48. The minimum absolute atomic E-state index is 0.551. The van der Waals surface area contributed by atoms with Gasteiger partial charge in [0.05, 0.1) is 13.7 Å². The van der Waals surface area contributed by atoms with E-state index in [4.69, 9.17) is 9.72 Å². The number of para-hydroxylation sites is 1. The van der Waals surface area contributed by atoms with Crippen molar-refractivity contribution in [2.24, 2.45) is 0 Å². The molecule has 0 spiro atoms. The van der Waals surface area contributed by atoms with Gasteiger partial charge in [-0.25, -0.2) is 19.6 Å². The van der Waals surface area contributed by atoms with Gasteiger partial charge in [-0.1, -0.05) is 18.2 Å². The first-order valence-electron chi connectivity index (χ1n) is 7.82. The van der Waals surface area contributed by atoms with E-state index in [2.05, 4.69) is 20.4 Å². The van der Waals surface area contributed by atoms with Crippen molar-refractivity contribution in [3.8, 4) is 11.7 Å². The highest BCUT2D eigenvalue weighted by molar-refractivity contribution is 5.84. The van der Waals surface area contributed by atoms with Crippen LogP contribution in [0.3, 0.4) is 0 Å². The maximum absolute atomic E-state index is 5.48. The molecule has 0 saturated carbocycles. The lowest BCUT2D eigenvalue weighted by Crippen LogP contribution is -2.10. The zero-order valence-corrected chi connectivity index (χ0v) is 13.9. The molecular weight excluding hydrogens is 318 g/mol. The fourth-order valence-corrected chi connectivity index (χ4v) is 2.82. The van der Waals surface area contributed by atoms with Crippen LogP contribution in [0, 0.1) is 0 Å². The zero-order chi connectivity index (χ0) is 17.2. The number of hydrogen-bond acceptors (Lipinski definition) is 6. The second-order valence-electron chi connectivity index (χ2n) is 5.40. The van der Waals surface area contributed by atoms with Gasteiger partial charge >= 0.3 is 0 Å². The van der Waals surface area contributed by atoms with Crippen molar-refractivity contribution >= 4 is 17.0 Å². The summed E-state index contributed by atoms with van der Waals surface area (Å²) in [4.78, 5) is 13.4. The third kappa shape index (κ3) is 2.57. The van der Waals surface area contributed by atoms with Crippen LogP contribution in [-0.4, -0.2) is 43.5 Å². The van der Waals surface area contributed by atoms with Gasteiger partial charge in [-0.05, 0) is 12.1 Å². The van der Waals surface area contributed by atoms with Crippen molar-refractivity contribution in [2.75, 3.05) is 19.5 Å². The van der Waals surface area contributed by atoms with Crippen LogP contribution < -0.4 is 10.1 Å². The van der Waals surface area contributed by atoms with E-state index in [0.29, 0.717) is 23.8 Å². The molecule has 0 radical (unpaired) electrons. The monoisotopic (exact) mass is 335 g/mol. The standard InChI is InChI=1S/C17H17N7O/c1-18-15-14-16(20-11-19-15)23(17(22-14)24-9-5-8-21-24)10-12-6-3-4-7-13(12)25-2/h3-9,11H,10H2,1-2H3,(H,18,19,20). The van der Waals surface area contributed by atoms with Gasteiger partial charge in [0.1, 0.15) is 12.1 Å². The molecule has 4 aromatic rings. The minimum Gasteiger partial charge on any atom is -0.496 e. The third-order valence-corrected chi connectivity index (χ3v) is 3.98. The first-order valence-corrected chi connectivity index (χ1v) is 7.82. The number of fused-ring (bicyclic) bond motifs is 1. The lowest BCUT2D eigenvalue weighted by Gasteiger charge is -2.11. The van der Waals surface area contributed by atoms with E-state index in [1.54, 1.807) is 18.0 Å². The first kappa shape index (κ1) is 15.1. The summed E-state index contributed by atoms with van der Waals surface area (Å²) in [6.45, 7) is 0.551. The Morgan fingerprint density at radius 1 is 1.16 bits per heavy atom. The molecule has 3 aromatic heterocycles. The first-order chi connectivity index (χ1) is 12.3. The smallest absolute Gasteiger partial charge is 0.233 e. The Bertz CT molecular complexity index is 1010. The normalized spacial score (nSPS) is 11.0. The average Bonchev–Trinajstić information content (AvgIpc) is 3.30. The van der Waals surface area contributed by atoms with Crippen molar-refractivity contribution in [3.63, 3.8) is 0 Å². The molecule has 0 aliphatic rings. The van der Waals surface area contributed by atoms with Crippen LogP contribution in [0.15, 0.2) is 49.1 Å². The number of hydrogen-bond donors (Lipinski definition) is 1. The Morgan fingerprint density at radius 3 is 2.80 bits per heavy atom. The molecule has 0 unspecified atom stereocenters. The molecule has 0 aliphatic heterocycles. The van der Waals surface area contributed by atoms with E-state index in [-0.39, 0.29) is 0 Å². The topological polar surface area (TPSA) is 82.7 Å². The second-order valence-corrected chi connectivity index (χ2v) is 5.40. The molecule has 25 heavy (non-hydrogen) atoms. The summed E-state index contributed by atoms with van der Waals surface area (Å²) in [5.41, 5.74) is 2.46. The van der Waals surface area contributed by atoms with Crippen LogP contribution in [0.25, 0.3) is 17.1 Å². The summed E-state index contributed by atoms with van der Waals surface area (Å²) in [6.07, 6.45) is 5.10. The van der Waals surface area contributed by atoms with E-state index in [1.165, 1.54) is 6.33 Å². The fourth-order valence-electron chi connectivity index (χ4n) is 2.82. The molecule has 1 N–H and O–H groups in total. The summed E-state index contributed by atoms with van der Waals surface area (Å²) >= 11 is 0. The molecule has 126 valence electrons. The molecule has 0 bridgehead atoms. The highest BCUT2D eigenvalue weighted by Crippen LogP contribution is 2.25. The van der Waals surface area contributed by atoms with Crippen LogP contribution in [0.2, 0.25) is 0 Å². The summed E-state index contributed by atoms with van der Waals surface area (Å²) in [7, 11) is 3.48. The molecule has 0 aliphatic carbocycles. The Kier molecular flexibility index (Phi) is 3.77.